The van der Waals surface area contributed by atoms with Crippen molar-refractivity contribution in [1.29, 1.82) is 0 Å². The van der Waals surface area contributed by atoms with E-state index in [2.05, 4.69) is 205 Å². The van der Waals surface area contributed by atoms with Crippen LogP contribution in [-0.2, 0) is 10.8 Å². The Hall–Kier alpha value is -6.42. The minimum Gasteiger partial charge on any atom is -0.310 e. The number of hydrogen-bond acceptors (Lipinski definition) is 3. The van der Waals surface area contributed by atoms with Crippen molar-refractivity contribution in [2.45, 2.75) is 49.9 Å². The van der Waals surface area contributed by atoms with Crippen LogP contribution in [0.4, 0.5) is 34.1 Å². The average molecular weight is 803 g/mol. The number of rotatable bonds is 5. The van der Waals surface area contributed by atoms with Crippen LogP contribution < -0.4 is 9.80 Å². The van der Waals surface area contributed by atoms with Gasteiger partial charge in [0.1, 0.15) is 0 Å². The lowest BCUT2D eigenvalue weighted by Gasteiger charge is -2.45. The molecule has 2 heterocycles. The Labute approximate surface area is 362 Å². The molecule has 61 heavy (non-hydrogen) atoms. The minimum absolute atomic E-state index is 0.234. The zero-order valence-electron chi connectivity index (χ0n) is 34.4. The largest absolute Gasteiger partial charge is 0.310 e. The molecule has 0 radical (unpaired) electrons. The Bertz CT molecular complexity index is 3120. The van der Waals surface area contributed by atoms with Crippen molar-refractivity contribution < 1.29 is 0 Å². The lowest BCUT2D eigenvalue weighted by molar-refractivity contribution is 0.232. The maximum absolute atomic E-state index is 2.56. The molecular weight excluding hydrogens is 757 g/mol. The molecule has 3 aliphatic carbocycles. The van der Waals surface area contributed by atoms with Gasteiger partial charge in [-0.05, 0) is 142 Å². The van der Waals surface area contributed by atoms with Gasteiger partial charge in [0.25, 0.3) is 0 Å². The van der Waals surface area contributed by atoms with Gasteiger partial charge in [-0.2, -0.15) is 0 Å². The first-order valence-corrected chi connectivity index (χ1v) is 23.0. The highest BCUT2D eigenvalue weighted by atomic mass is 32.1. The fourth-order valence-corrected chi connectivity index (χ4v) is 13.7. The van der Waals surface area contributed by atoms with Crippen LogP contribution >= 0.6 is 11.3 Å². The SMILES string of the molecule is CC1(c2ccc(N(c3ccc4c(c3)C3(c5ccccc5-4)c4ccccc4N(c4ccccc4)c4ccccc43)c3cccc4sc5ccccc5c34)cc2)CC2CC[C@@H](C2)C1. The maximum atomic E-state index is 2.56. The van der Waals surface area contributed by atoms with E-state index < -0.39 is 5.41 Å². The molecule has 8 aromatic carbocycles. The molecule has 2 saturated carbocycles. The Morgan fingerprint density at radius 1 is 0.525 bits per heavy atom. The summed E-state index contributed by atoms with van der Waals surface area (Å²) >= 11 is 1.89. The quantitative estimate of drug-likeness (QED) is 0.171. The van der Waals surface area contributed by atoms with Crippen LogP contribution in [0.25, 0.3) is 31.3 Å². The van der Waals surface area contributed by atoms with Crippen molar-refractivity contribution in [3.05, 3.63) is 216 Å². The summed E-state index contributed by atoms with van der Waals surface area (Å²) in [5.74, 6) is 1.75. The van der Waals surface area contributed by atoms with Crippen LogP contribution in [0.15, 0.2) is 188 Å². The van der Waals surface area contributed by atoms with Crippen LogP contribution in [-0.4, -0.2) is 0 Å². The topological polar surface area (TPSA) is 6.48 Å². The van der Waals surface area contributed by atoms with Gasteiger partial charge in [-0.25, -0.2) is 0 Å². The lowest BCUT2D eigenvalue weighted by atomic mass is 9.64. The normalized spacial score (nSPS) is 20.4. The second kappa shape index (κ2) is 13.3. The highest BCUT2D eigenvalue weighted by Crippen LogP contribution is 2.64. The van der Waals surface area contributed by atoms with Gasteiger partial charge in [-0.3, -0.25) is 0 Å². The fourth-order valence-electron chi connectivity index (χ4n) is 12.6. The van der Waals surface area contributed by atoms with E-state index in [4.69, 9.17) is 0 Å². The molecule has 2 nitrogen and oxygen atoms in total. The first kappa shape index (κ1) is 35.3. The van der Waals surface area contributed by atoms with Crippen molar-refractivity contribution >= 4 is 65.6 Å². The molecule has 1 aliphatic heterocycles. The average Bonchev–Trinajstić information content (AvgIpc) is 3.96. The van der Waals surface area contributed by atoms with Gasteiger partial charge in [-0.1, -0.05) is 141 Å². The number of nitrogens with zero attached hydrogens (tertiary/aromatic N) is 2. The molecule has 0 N–H and O–H groups in total. The van der Waals surface area contributed by atoms with Crippen LogP contribution in [0.2, 0.25) is 0 Å². The number of hydrogen-bond donors (Lipinski definition) is 0. The number of fused-ring (bicyclic) bond motifs is 14. The smallest absolute Gasteiger partial charge is 0.0755 e. The summed E-state index contributed by atoms with van der Waals surface area (Å²) in [5.41, 5.74) is 16.2. The molecule has 1 aromatic heterocycles. The second-order valence-corrected chi connectivity index (χ2v) is 19.5. The van der Waals surface area contributed by atoms with Crippen LogP contribution in [0, 0.1) is 11.8 Å². The molecule has 2 bridgehead atoms. The summed E-state index contributed by atoms with van der Waals surface area (Å²) < 4.78 is 2.63. The van der Waals surface area contributed by atoms with Crippen LogP contribution in [0.3, 0.4) is 0 Å². The van der Waals surface area contributed by atoms with Crippen molar-refractivity contribution in [2.24, 2.45) is 11.8 Å². The molecule has 1 spiro atoms. The van der Waals surface area contributed by atoms with E-state index in [1.165, 1.54) is 120 Å². The van der Waals surface area contributed by atoms with Crippen molar-refractivity contribution in [1.82, 2.24) is 0 Å². The summed E-state index contributed by atoms with van der Waals surface area (Å²) in [6, 6.07) is 71.2. The first-order chi connectivity index (χ1) is 30.1. The zero-order chi connectivity index (χ0) is 40.3. The molecule has 13 rings (SSSR count). The van der Waals surface area contributed by atoms with Gasteiger partial charge in [0.15, 0.2) is 0 Å². The van der Waals surface area contributed by atoms with Crippen LogP contribution in [0.5, 0.6) is 0 Å². The molecule has 294 valence electrons. The van der Waals surface area contributed by atoms with Gasteiger partial charge in [0.2, 0.25) is 0 Å². The predicted molar refractivity (Wildman–Crippen MR) is 257 cm³/mol. The summed E-state index contributed by atoms with van der Waals surface area (Å²) in [5, 5.41) is 2.62. The van der Waals surface area contributed by atoms with E-state index in [1.807, 2.05) is 11.3 Å². The Morgan fingerprint density at radius 2 is 1.13 bits per heavy atom. The number of para-hydroxylation sites is 3. The first-order valence-electron chi connectivity index (χ1n) is 22.2. The minimum atomic E-state index is -0.536. The summed E-state index contributed by atoms with van der Waals surface area (Å²) in [7, 11) is 0. The van der Waals surface area contributed by atoms with Gasteiger partial charge < -0.3 is 9.80 Å². The van der Waals surface area contributed by atoms with E-state index in [0.29, 0.717) is 0 Å². The molecular formula is C58H46N2S. The number of benzene rings is 8. The highest BCUT2D eigenvalue weighted by molar-refractivity contribution is 7.26. The number of anilines is 6. The highest BCUT2D eigenvalue weighted by Gasteiger charge is 2.52. The third-order valence-corrected chi connectivity index (χ3v) is 16.1. The molecule has 3 atom stereocenters. The van der Waals surface area contributed by atoms with Crippen LogP contribution in [0.1, 0.15) is 66.8 Å². The fraction of sp³-hybridized carbons (Fsp3) is 0.172. The van der Waals surface area contributed by atoms with Crippen molar-refractivity contribution in [3.63, 3.8) is 0 Å². The molecule has 2 fully saturated rings. The number of thiophene rings is 1. The molecule has 2 unspecified atom stereocenters. The third kappa shape index (κ3) is 5.08. The maximum Gasteiger partial charge on any atom is 0.0755 e. The van der Waals surface area contributed by atoms with Crippen molar-refractivity contribution in [3.8, 4) is 11.1 Å². The Morgan fingerprint density at radius 3 is 1.89 bits per heavy atom. The van der Waals surface area contributed by atoms with E-state index in [1.54, 1.807) is 0 Å². The van der Waals surface area contributed by atoms with Gasteiger partial charge in [0, 0.05) is 37.2 Å². The van der Waals surface area contributed by atoms with Gasteiger partial charge >= 0.3 is 0 Å². The molecule has 4 aliphatic rings. The van der Waals surface area contributed by atoms with E-state index in [9.17, 15) is 0 Å². The van der Waals surface area contributed by atoms with E-state index in [0.717, 1.165) is 17.5 Å². The molecule has 0 saturated heterocycles. The monoisotopic (exact) mass is 802 g/mol. The summed E-state index contributed by atoms with van der Waals surface area (Å²) in [6.45, 7) is 2.54. The zero-order valence-corrected chi connectivity index (χ0v) is 35.2. The van der Waals surface area contributed by atoms with E-state index in [-0.39, 0.29) is 5.41 Å². The molecule has 9 aromatic rings. The van der Waals surface area contributed by atoms with Crippen molar-refractivity contribution in [2.75, 3.05) is 9.80 Å². The van der Waals surface area contributed by atoms with Gasteiger partial charge in [-0.15, -0.1) is 11.3 Å². The third-order valence-electron chi connectivity index (χ3n) is 15.0. The molecule has 3 heteroatoms. The predicted octanol–water partition coefficient (Wildman–Crippen LogP) is 16.1. The summed E-state index contributed by atoms with van der Waals surface area (Å²) in [6.07, 6.45) is 6.88. The lowest BCUT2D eigenvalue weighted by Crippen LogP contribution is -2.36. The Balaban J connectivity index is 1.06. The second-order valence-electron chi connectivity index (χ2n) is 18.4. The Kier molecular flexibility index (Phi) is 7.70. The van der Waals surface area contributed by atoms with Gasteiger partial charge in [0.05, 0.1) is 22.5 Å². The van der Waals surface area contributed by atoms with E-state index >= 15 is 0 Å². The standard InChI is InChI=1S/C58H46N2S/c1-57(36-38-26-27-39(34-38)37-57)40-28-30-42(31-29-40)59(53-23-13-25-55-56(53)46-17-6-12-24-54(46)61-55)43-32-33-45-44-16-5-7-18-47(44)58(50(45)35-43)48-19-8-10-21-51(48)60(41-14-3-2-4-15-41)52-22-11-9-20-49(52)58/h2-25,28-33,35,38-39H,26-27,34,36-37H2,1H3/t38-,39?,57?/m0/s1. The summed E-state index contributed by atoms with van der Waals surface area (Å²) in [4.78, 5) is 5.03. The molecule has 0 amide bonds.